The fourth-order valence-corrected chi connectivity index (χ4v) is 4.08. The minimum absolute atomic E-state index is 0.123. The largest absolute Gasteiger partial charge is 0.467 e. The summed E-state index contributed by atoms with van der Waals surface area (Å²) in [5, 5.41) is 0.994. The molecule has 8 heteroatoms. The van der Waals surface area contributed by atoms with E-state index in [4.69, 9.17) is 18.9 Å². The van der Waals surface area contributed by atoms with Crippen molar-refractivity contribution in [3.8, 4) is 11.5 Å². The summed E-state index contributed by atoms with van der Waals surface area (Å²) in [7, 11) is 0. The summed E-state index contributed by atoms with van der Waals surface area (Å²) in [6, 6.07) is 13.2. The molecule has 2 aromatic carbocycles. The zero-order valence-electron chi connectivity index (χ0n) is 15.1. The minimum atomic E-state index is -0.284. The number of hydrogen-bond acceptors (Lipinski definition) is 6. The molecule has 2 aromatic heterocycles. The summed E-state index contributed by atoms with van der Waals surface area (Å²) in [5.74, 6) is 2.02. The molecule has 0 N–H and O–H groups in total. The minimum Gasteiger partial charge on any atom is -0.467 e. The summed E-state index contributed by atoms with van der Waals surface area (Å²) < 4.78 is 31.0. The van der Waals surface area contributed by atoms with Gasteiger partial charge in [0.15, 0.2) is 16.7 Å². The molecule has 0 radical (unpaired) electrons. The highest BCUT2D eigenvalue weighted by Crippen LogP contribution is 2.35. The first-order valence-electron chi connectivity index (χ1n) is 8.91. The first-order valence-corrected chi connectivity index (χ1v) is 9.90. The Bertz CT molecular complexity index is 1240. The van der Waals surface area contributed by atoms with Gasteiger partial charge >= 0.3 is 0 Å². The topological polar surface area (TPSA) is 66.5 Å². The van der Waals surface area contributed by atoms with Gasteiger partial charge in [0.1, 0.15) is 11.6 Å². The van der Waals surface area contributed by atoms with Crippen molar-refractivity contribution in [2.75, 3.05) is 6.79 Å². The van der Waals surface area contributed by atoms with E-state index in [2.05, 4.69) is 0 Å². The molecule has 0 saturated carbocycles. The van der Waals surface area contributed by atoms with E-state index >= 15 is 0 Å². The van der Waals surface area contributed by atoms with Gasteiger partial charge in [0.05, 0.1) is 23.7 Å². The summed E-state index contributed by atoms with van der Waals surface area (Å²) in [5.41, 5.74) is 1.28. The molecule has 3 heterocycles. The number of aromatic nitrogens is 2. The Morgan fingerprint density at radius 3 is 2.66 bits per heavy atom. The zero-order chi connectivity index (χ0) is 19.8. The highest BCUT2D eigenvalue weighted by molar-refractivity contribution is 7.98. The number of fused-ring (bicyclic) bond motifs is 2. The van der Waals surface area contributed by atoms with E-state index in [0.29, 0.717) is 39.1 Å². The molecular formula is C21H15FN2O4S. The number of halogens is 1. The molecule has 4 aromatic rings. The highest BCUT2D eigenvalue weighted by atomic mass is 32.2. The normalized spacial score (nSPS) is 12.6. The monoisotopic (exact) mass is 410 g/mol. The van der Waals surface area contributed by atoms with Crippen molar-refractivity contribution in [3.05, 3.63) is 82.3 Å². The van der Waals surface area contributed by atoms with Crippen LogP contribution in [0.15, 0.2) is 69.2 Å². The molecule has 0 saturated heterocycles. The molecule has 0 amide bonds. The van der Waals surface area contributed by atoms with Gasteiger partial charge in [-0.05, 0) is 35.9 Å². The van der Waals surface area contributed by atoms with E-state index in [1.165, 1.54) is 23.9 Å². The van der Waals surface area contributed by atoms with E-state index in [1.807, 2.05) is 6.07 Å². The number of nitrogens with zero attached hydrogens (tertiary/aromatic N) is 2. The highest BCUT2D eigenvalue weighted by Gasteiger charge is 2.19. The van der Waals surface area contributed by atoms with Crippen molar-refractivity contribution >= 4 is 22.7 Å². The van der Waals surface area contributed by atoms with Gasteiger partial charge in [0.2, 0.25) is 6.79 Å². The van der Waals surface area contributed by atoms with Crippen LogP contribution in [-0.2, 0) is 12.3 Å². The average molecular weight is 410 g/mol. The Kier molecular flexibility index (Phi) is 4.48. The molecule has 1 aliphatic rings. The third kappa shape index (κ3) is 3.47. The predicted octanol–water partition coefficient (Wildman–Crippen LogP) is 4.20. The Morgan fingerprint density at radius 2 is 1.90 bits per heavy atom. The third-order valence-electron chi connectivity index (χ3n) is 4.59. The van der Waals surface area contributed by atoms with Crippen LogP contribution in [0.2, 0.25) is 0 Å². The van der Waals surface area contributed by atoms with E-state index in [-0.39, 0.29) is 24.7 Å². The van der Waals surface area contributed by atoms with E-state index in [0.717, 1.165) is 5.56 Å². The van der Waals surface area contributed by atoms with Crippen LogP contribution in [0.4, 0.5) is 4.39 Å². The number of thioether (sulfide) groups is 1. The van der Waals surface area contributed by atoms with E-state index in [1.54, 1.807) is 41.2 Å². The quantitative estimate of drug-likeness (QED) is 0.363. The molecule has 0 spiro atoms. The van der Waals surface area contributed by atoms with E-state index in [9.17, 15) is 9.18 Å². The van der Waals surface area contributed by atoms with Gasteiger partial charge in [-0.25, -0.2) is 9.37 Å². The second kappa shape index (κ2) is 7.29. The van der Waals surface area contributed by atoms with Crippen molar-refractivity contribution in [1.29, 1.82) is 0 Å². The van der Waals surface area contributed by atoms with Crippen LogP contribution in [0, 0.1) is 5.82 Å². The van der Waals surface area contributed by atoms with Crippen LogP contribution in [0.1, 0.15) is 11.3 Å². The number of rotatable bonds is 5. The van der Waals surface area contributed by atoms with Crippen LogP contribution >= 0.6 is 11.8 Å². The molecule has 0 aliphatic carbocycles. The maximum absolute atomic E-state index is 13.3. The number of ether oxygens (including phenoxy) is 2. The molecule has 0 atom stereocenters. The maximum atomic E-state index is 13.3. The number of hydrogen-bond donors (Lipinski definition) is 0. The second-order valence-electron chi connectivity index (χ2n) is 6.50. The Balaban J connectivity index is 1.58. The summed E-state index contributed by atoms with van der Waals surface area (Å²) in [4.78, 5) is 18.0. The lowest BCUT2D eigenvalue weighted by molar-refractivity contribution is 0.174. The van der Waals surface area contributed by atoms with Crippen LogP contribution in [-0.4, -0.2) is 16.3 Å². The van der Waals surface area contributed by atoms with Crippen molar-refractivity contribution in [2.24, 2.45) is 0 Å². The Morgan fingerprint density at radius 1 is 1.10 bits per heavy atom. The van der Waals surface area contributed by atoms with Crippen LogP contribution in [0.3, 0.4) is 0 Å². The van der Waals surface area contributed by atoms with Gasteiger partial charge in [-0.1, -0.05) is 23.9 Å². The lowest BCUT2D eigenvalue weighted by Crippen LogP contribution is -2.23. The van der Waals surface area contributed by atoms with Gasteiger partial charge in [0, 0.05) is 11.8 Å². The molecule has 5 rings (SSSR count). The summed E-state index contributed by atoms with van der Waals surface area (Å²) in [6.45, 7) is 0.382. The fraction of sp³-hybridized carbons (Fsp3) is 0.143. The van der Waals surface area contributed by atoms with Crippen LogP contribution in [0.25, 0.3) is 10.9 Å². The van der Waals surface area contributed by atoms with Crippen LogP contribution in [0.5, 0.6) is 11.5 Å². The molecular weight excluding hydrogens is 395 g/mol. The van der Waals surface area contributed by atoms with Gasteiger partial charge in [-0.2, -0.15) is 0 Å². The first kappa shape index (κ1) is 17.8. The molecule has 6 nitrogen and oxygen atoms in total. The number of benzene rings is 2. The molecule has 1 aliphatic heterocycles. The molecule has 0 bridgehead atoms. The van der Waals surface area contributed by atoms with Crippen molar-refractivity contribution in [1.82, 2.24) is 9.55 Å². The Hall–Kier alpha value is -3.26. The van der Waals surface area contributed by atoms with Gasteiger partial charge in [-0.15, -0.1) is 0 Å². The fourth-order valence-electron chi connectivity index (χ4n) is 3.13. The zero-order valence-corrected chi connectivity index (χ0v) is 15.9. The van der Waals surface area contributed by atoms with Crippen molar-refractivity contribution in [2.45, 2.75) is 17.5 Å². The molecule has 29 heavy (non-hydrogen) atoms. The van der Waals surface area contributed by atoms with Gasteiger partial charge < -0.3 is 13.9 Å². The molecule has 0 unspecified atom stereocenters. The molecule has 0 fully saturated rings. The summed E-state index contributed by atoms with van der Waals surface area (Å²) >= 11 is 1.41. The van der Waals surface area contributed by atoms with E-state index < -0.39 is 0 Å². The molecule has 146 valence electrons. The lowest BCUT2D eigenvalue weighted by Gasteiger charge is -2.12. The SMILES string of the molecule is O=c1c2cc3c(cc2nc(SCc2ccc(F)cc2)n1Cc1ccco1)OCO3. The van der Waals surface area contributed by atoms with Gasteiger partial charge in [-0.3, -0.25) is 9.36 Å². The Labute approximate surface area is 168 Å². The lowest BCUT2D eigenvalue weighted by atomic mass is 10.2. The number of furan rings is 1. The maximum Gasteiger partial charge on any atom is 0.262 e. The predicted molar refractivity (Wildman–Crippen MR) is 106 cm³/mol. The van der Waals surface area contributed by atoms with Crippen molar-refractivity contribution < 1.29 is 18.3 Å². The smallest absolute Gasteiger partial charge is 0.262 e. The average Bonchev–Trinajstić information content (AvgIpc) is 3.40. The summed E-state index contributed by atoms with van der Waals surface area (Å²) in [6.07, 6.45) is 1.57. The van der Waals surface area contributed by atoms with Gasteiger partial charge in [0.25, 0.3) is 5.56 Å². The first-order chi connectivity index (χ1) is 14.2. The standard InChI is InChI=1S/C21H15FN2O4S/c22-14-5-3-13(4-6-14)11-29-21-23-17-9-19-18(27-12-28-19)8-16(17)20(25)24(21)10-15-2-1-7-26-15/h1-9H,10-12H2. The second-order valence-corrected chi connectivity index (χ2v) is 7.45. The van der Waals surface area contributed by atoms with Crippen LogP contribution < -0.4 is 15.0 Å². The third-order valence-corrected chi connectivity index (χ3v) is 5.64. The van der Waals surface area contributed by atoms with Crippen molar-refractivity contribution in [3.63, 3.8) is 0 Å².